The number of benzene rings is 3. The van der Waals surface area contributed by atoms with Gasteiger partial charge in [0, 0.05) is 23.0 Å². The van der Waals surface area contributed by atoms with Gasteiger partial charge >= 0.3 is 0 Å². The summed E-state index contributed by atoms with van der Waals surface area (Å²) >= 11 is 3.36. The predicted octanol–water partition coefficient (Wildman–Crippen LogP) is 5.08. The lowest BCUT2D eigenvalue weighted by atomic mass is 10.0. The van der Waals surface area contributed by atoms with Crippen molar-refractivity contribution in [1.29, 1.82) is 0 Å². The number of sulfonamides is 1. The van der Waals surface area contributed by atoms with Crippen LogP contribution < -0.4 is 9.62 Å². The van der Waals surface area contributed by atoms with Crippen LogP contribution in [0.2, 0.25) is 0 Å². The van der Waals surface area contributed by atoms with E-state index < -0.39 is 34.1 Å². The summed E-state index contributed by atoms with van der Waals surface area (Å²) in [7, 11) is -3.80. The second-order valence-electron chi connectivity index (χ2n) is 10.7. The maximum Gasteiger partial charge on any atom is 0.244 e. The first-order chi connectivity index (χ1) is 18.2. The van der Waals surface area contributed by atoms with Crippen LogP contribution >= 0.6 is 15.9 Å². The van der Waals surface area contributed by atoms with Gasteiger partial charge in [0.2, 0.25) is 21.8 Å². The molecule has 39 heavy (non-hydrogen) atoms. The number of nitrogens with zero attached hydrogens (tertiary/aromatic N) is 2. The second kappa shape index (κ2) is 12.8. The van der Waals surface area contributed by atoms with Crippen LogP contribution in [0.5, 0.6) is 0 Å². The zero-order valence-corrected chi connectivity index (χ0v) is 25.4. The maximum absolute atomic E-state index is 14.0. The van der Waals surface area contributed by atoms with Crippen molar-refractivity contribution in [2.24, 2.45) is 0 Å². The first-order valence-electron chi connectivity index (χ1n) is 12.7. The van der Waals surface area contributed by atoms with Crippen molar-refractivity contribution in [3.8, 4) is 0 Å². The van der Waals surface area contributed by atoms with E-state index >= 15 is 0 Å². The van der Waals surface area contributed by atoms with Gasteiger partial charge in [-0.2, -0.15) is 0 Å². The summed E-state index contributed by atoms with van der Waals surface area (Å²) in [5, 5.41) is 3.02. The topological polar surface area (TPSA) is 86.8 Å². The summed E-state index contributed by atoms with van der Waals surface area (Å²) in [5.41, 5.74) is 2.64. The van der Waals surface area contributed by atoms with Crippen LogP contribution in [0.3, 0.4) is 0 Å². The molecule has 9 heteroatoms. The number of halogens is 1. The van der Waals surface area contributed by atoms with E-state index in [1.807, 2.05) is 82.3 Å². The number of carbonyl (C=O) groups excluding carboxylic acids is 2. The molecule has 3 rings (SSSR count). The molecular formula is C30H36BrN3O4S. The SMILES string of the molecule is Cc1ccc(CN(C(=O)CN(c2ccc(Br)cc2)S(C)(=O)=O)[C@@H](Cc2ccccc2)C(=O)NC(C)(C)C)cc1. The van der Waals surface area contributed by atoms with Crippen LogP contribution in [-0.4, -0.2) is 49.5 Å². The van der Waals surface area contributed by atoms with Crippen LogP contribution in [0.1, 0.15) is 37.5 Å². The molecule has 0 fully saturated rings. The molecule has 0 aliphatic rings. The Bertz CT molecular complexity index is 1370. The molecule has 0 heterocycles. The zero-order chi connectivity index (χ0) is 28.8. The number of nitrogens with one attached hydrogen (secondary N) is 1. The molecule has 0 bridgehead atoms. The molecule has 0 saturated carbocycles. The summed E-state index contributed by atoms with van der Waals surface area (Å²) in [6.07, 6.45) is 1.35. The van der Waals surface area contributed by atoms with Crippen molar-refractivity contribution in [2.75, 3.05) is 17.1 Å². The normalized spacial score (nSPS) is 12.5. The van der Waals surface area contributed by atoms with Gasteiger partial charge in [0.1, 0.15) is 12.6 Å². The molecule has 3 aromatic carbocycles. The third-order valence-corrected chi connectivity index (χ3v) is 7.71. The Balaban J connectivity index is 2.06. The molecular weight excluding hydrogens is 578 g/mol. The number of rotatable bonds is 10. The highest BCUT2D eigenvalue weighted by atomic mass is 79.9. The van der Waals surface area contributed by atoms with E-state index in [1.165, 1.54) is 4.90 Å². The van der Waals surface area contributed by atoms with Gasteiger partial charge < -0.3 is 10.2 Å². The first-order valence-corrected chi connectivity index (χ1v) is 15.3. The molecule has 3 aromatic rings. The van der Waals surface area contributed by atoms with E-state index in [4.69, 9.17) is 0 Å². The molecule has 0 aliphatic heterocycles. The van der Waals surface area contributed by atoms with Crippen molar-refractivity contribution >= 4 is 43.5 Å². The highest BCUT2D eigenvalue weighted by Gasteiger charge is 2.34. The Labute approximate surface area is 240 Å². The van der Waals surface area contributed by atoms with Gasteiger partial charge in [-0.25, -0.2) is 8.42 Å². The highest BCUT2D eigenvalue weighted by Crippen LogP contribution is 2.23. The van der Waals surface area contributed by atoms with Crippen molar-refractivity contribution in [1.82, 2.24) is 10.2 Å². The maximum atomic E-state index is 14.0. The number of hydrogen-bond acceptors (Lipinski definition) is 4. The summed E-state index contributed by atoms with van der Waals surface area (Å²) in [4.78, 5) is 29.2. The van der Waals surface area contributed by atoms with E-state index in [0.717, 1.165) is 31.7 Å². The number of hydrogen-bond donors (Lipinski definition) is 1. The summed E-state index contributed by atoms with van der Waals surface area (Å²) in [6.45, 7) is 7.33. The summed E-state index contributed by atoms with van der Waals surface area (Å²) in [6, 6.07) is 23.1. The Morgan fingerprint density at radius 2 is 1.49 bits per heavy atom. The molecule has 0 unspecified atom stereocenters. The Morgan fingerprint density at radius 3 is 2.03 bits per heavy atom. The van der Waals surface area contributed by atoms with E-state index in [2.05, 4.69) is 21.2 Å². The van der Waals surface area contributed by atoms with Crippen molar-refractivity contribution < 1.29 is 18.0 Å². The van der Waals surface area contributed by atoms with Gasteiger partial charge in [0.25, 0.3) is 0 Å². The number of carbonyl (C=O) groups is 2. The van der Waals surface area contributed by atoms with Crippen LogP contribution in [0.4, 0.5) is 5.69 Å². The highest BCUT2D eigenvalue weighted by molar-refractivity contribution is 9.10. The first kappa shape index (κ1) is 30.4. The average Bonchev–Trinajstić information content (AvgIpc) is 2.85. The molecule has 0 radical (unpaired) electrons. The Kier molecular flexibility index (Phi) is 9.96. The lowest BCUT2D eigenvalue weighted by Crippen LogP contribution is -2.56. The number of amides is 2. The molecule has 1 atom stereocenters. The van der Waals surface area contributed by atoms with E-state index in [0.29, 0.717) is 5.69 Å². The van der Waals surface area contributed by atoms with E-state index in [-0.39, 0.29) is 18.9 Å². The fourth-order valence-corrected chi connectivity index (χ4v) is 5.23. The lowest BCUT2D eigenvalue weighted by molar-refractivity contribution is -0.140. The fraction of sp³-hybridized carbons (Fsp3) is 0.333. The van der Waals surface area contributed by atoms with Gasteiger partial charge in [-0.3, -0.25) is 13.9 Å². The Morgan fingerprint density at radius 1 is 0.897 bits per heavy atom. The van der Waals surface area contributed by atoms with Crippen molar-refractivity contribution in [3.05, 3.63) is 100 Å². The molecule has 0 spiro atoms. The predicted molar refractivity (Wildman–Crippen MR) is 160 cm³/mol. The zero-order valence-electron chi connectivity index (χ0n) is 23.0. The molecule has 1 N–H and O–H groups in total. The van der Waals surface area contributed by atoms with Gasteiger partial charge in [0.15, 0.2) is 0 Å². The number of aryl methyl sites for hydroxylation is 1. The minimum atomic E-state index is -3.80. The average molecular weight is 615 g/mol. The largest absolute Gasteiger partial charge is 0.350 e. The van der Waals surface area contributed by atoms with Gasteiger partial charge in [-0.05, 0) is 63.1 Å². The van der Waals surface area contributed by atoms with Crippen LogP contribution in [0.25, 0.3) is 0 Å². The second-order valence-corrected chi connectivity index (χ2v) is 13.5. The van der Waals surface area contributed by atoms with E-state index in [1.54, 1.807) is 24.3 Å². The lowest BCUT2D eigenvalue weighted by Gasteiger charge is -2.35. The Hall–Kier alpha value is -3.17. The molecule has 0 saturated heterocycles. The summed E-state index contributed by atoms with van der Waals surface area (Å²) in [5.74, 6) is -0.782. The third kappa shape index (κ3) is 9.21. The summed E-state index contributed by atoms with van der Waals surface area (Å²) < 4.78 is 27.5. The van der Waals surface area contributed by atoms with Gasteiger partial charge in [-0.15, -0.1) is 0 Å². The van der Waals surface area contributed by atoms with Gasteiger partial charge in [-0.1, -0.05) is 76.1 Å². The molecule has 2 amide bonds. The minimum Gasteiger partial charge on any atom is -0.350 e. The monoisotopic (exact) mass is 613 g/mol. The quantitative estimate of drug-likeness (QED) is 0.345. The fourth-order valence-electron chi connectivity index (χ4n) is 4.12. The van der Waals surface area contributed by atoms with E-state index in [9.17, 15) is 18.0 Å². The standard InChI is InChI=1S/C30H36BrN3O4S/c1-22-11-13-24(14-12-22)20-33(27(29(36)32-30(2,3)4)19-23-9-7-6-8-10-23)28(35)21-34(39(5,37)38)26-17-15-25(31)16-18-26/h6-18,27H,19-21H2,1-5H3,(H,32,36)/t27-/m0/s1. The molecule has 0 aromatic heterocycles. The molecule has 208 valence electrons. The van der Waals surface area contributed by atoms with Crippen molar-refractivity contribution in [3.63, 3.8) is 0 Å². The number of anilines is 1. The smallest absolute Gasteiger partial charge is 0.244 e. The third-order valence-electron chi connectivity index (χ3n) is 6.04. The van der Waals surface area contributed by atoms with Crippen LogP contribution in [0, 0.1) is 6.92 Å². The van der Waals surface area contributed by atoms with Crippen molar-refractivity contribution in [2.45, 2.75) is 52.2 Å². The van der Waals surface area contributed by atoms with Gasteiger partial charge in [0.05, 0.1) is 11.9 Å². The van der Waals surface area contributed by atoms with Crippen LogP contribution in [0.15, 0.2) is 83.3 Å². The minimum absolute atomic E-state index is 0.145. The molecule has 7 nitrogen and oxygen atoms in total. The van der Waals surface area contributed by atoms with Crippen LogP contribution in [-0.2, 0) is 32.6 Å². The molecule has 0 aliphatic carbocycles.